The van der Waals surface area contributed by atoms with Gasteiger partial charge in [0.1, 0.15) is 6.29 Å². The molecule has 1 aliphatic heterocycles. The van der Waals surface area contributed by atoms with Crippen LogP contribution in [0.15, 0.2) is 34.4 Å². The molecular formula is C31H48O5. The molecule has 2 saturated carbocycles. The molecule has 0 bridgehead atoms. The van der Waals surface area contributed by atoms with Crippen molar-refractivity contribution >= 4 is 6.29 Å². The third-order valence-corrected chi connectivity index (χ3v) is 10.3. The van der Waals surface area contributed by atoms with Crippen LogP contribution in [0.2, 0.25) is 0 Å². The van der Waals surface area contributed by atoms with E-state index < -0.39 is 22.7 Å². The number of ether oxygens (including phenoxy) is 1. The third kappa shape index (κ3) is 4.81. The van der Waals surface area contributed by atoms with Crippen LogP contribution in [0.1, 0.15) is 92.9 Å². The molecule has 0 aromatic rings. The average molecular weight is 501 g/mol. The second-order valence-corrected chi connectivity index (χ2v) is 13.1. The van der Waals surface area contributed by atoms with Crippen LogP contribution in [0, 0.1) is 29.1 Å². The normalized spacial score (nSPS) is 42.1. The lowest BCUT2D eigenvalue weighted by Crippen LogP contribution is -2.58. The van der Waals surface area contributed by atoms with E-state index in [1.807, 2.05) is 34.6 Å². The molecule has 0 unspecified atom stereocenters. The fraction of sp³-hybridized carbons (Fsp3) is 0.774. The number of carbonyl (C=O) groups is 1. The summed E-state index contributed by atoms with van der Waals surface area (Å²) in [6, 6.07) is 0. The first-order valence-corrected chi connectivity index (χ1v) is 14.1. The Balaban J connectivity index is 1.66. The van der Waals surface area contributed by atoms with Gasteiger partial charge in [-0.25, -0.2) is 0 Å². The van der Waals surface area contributed by atoms with Crippen molar-refractivity contribution in [2.75, 3.05) is 6.61 Å². The molecule has 0 amide bonds. The van der Waals surface area contributed by atoms with Crippen molar-refractivity contribution in [2.24, 2.45) is 29.1 Å². The zero-order chi connectivity index (χ0) is 26.5. The van der Waals surface area contributed by atoms with Crippen molar-refractivity contribution in [2.45, 2.75) is 116 Å². The van der Waals surface area contributed by atoms with Crippen molar-refractivity contribution < 1.29 is 24.9 Å². The predicted molar refractivity (Wildman–Crippen MR) is 142 cm³/mol. The Hall–Kier alpha value is -1.27. The Labute approximate surface area is 217 Å². The Kier molecular flexibility index (Phi) is 7.81. The summed E-state index contributed by atoms with van der Waals surface area (Å²) in [7, 11) is 0. The van der Waals surface area contributed by atoms with Crippen LogP contribution >= 0.6 is 0 Å². The average Bonchev–Trinajstić information content (AvgIpc) is 3.09. The maximum Gasteiger partial charge on any atom is 0.145 e. The van der Waals surface area contributed by atoms with E-state index in [9.17, 15) is 20.1 Å². The smallest absolute Gasteiger partial charge is 0.145 e. The Morgan fingerprint density at radius 2 is 1.97 bits per heavy atom. The minimum Gasteiger partial charge on any atom is -0.390 e. The molecule has 4 rings (SSSR count). The molecule has 3 N–H and O–H groups in total. The van der Waals surface area contributed by atoms with Crippen LogP contribution in [-0.2, 0) is 9.53 Å². The lowest BCUT2D eigenvalue weighted by molar-refractivity contribution is -0.166. The number of rotatable bonds is 5. The zero-order valence-electron chi connectivity index (χ0n) is 23.2. The van der Waals surface area contributed by atoms with E-state index in [1.54, 1.807) is 0 Å². The molecule has 36 heavy (non-hydrogen) atoms. The molecule has 0 aromatic carbocycles. The van der Waals surface area contributed by atoms with Gasteiger partial charge < -0.3 is 20.1 Å². The summed E-state index contributed by atoms with van der Waals surface area (Å²) in [5.41, 5.74) is 2.05. The molecule has 5 nitrogen and oxygen atoms in total. The fourth-order valence-corrected chi connectivity index (χ4v) is 8.35. The molecular weight excluding hydrogens is 452 g/mol. The van der Waals surface area contributed by atoms with Crippen molar-refractivity contribution in [3.63, 3.8) is 0 Å². The van der Waals surface area contributed by atoms with Crippen molar-refractivity contribution in [3.8, 4) is 0 Å². The number of carbonyl (C=O) groups excluding carboxylic acids is 1. The standard InChI is InChI=1S/C31H48O5/c1-19-9-10-25(29(4,5)34)22(14-19)15-20(2)28(33)23-16-27-31(17-23)26(8-7-13-36-27)24(21(3)18-32)11-12-30(31,6)35/h14-15,18,22-23,25-28,33-35H,7-13,16-17H2,1-6H3/b20-15+,24-21-/t22-,23-,25+,26-,27-,28-,30+,31-/m1/s1. The Morgan fingerprint density at radius 1 is 1.25 bits per heavy atom. The van der Waals surface area contributed by atoms with Gasteiger partial charge in [0.2, 0.25) is 0 Å². The third-order valence-electron chi connectivity index (χ3n) is 10.3. The monoisotopic (exact) mass is 500 g/mol. The molecule has 1 heterocycles. The van der Waals surface area contributed by atoms with E-state index in [2.05, 4.69) is 19.1 Å². The van der Waals surface area contributed by atoms with Gasteiger partial charge in [0.05, 0.1) is 23.4 Å². The topological polar surface area (TPSA) is 87.0 Å². The molecule has 5 heteroatoms. The predicted octanol–water partition coefficient (Wildman–Crippen LogP) is 5.29. The van der Waals surface area contributed by atoms with Gasteiger partial charge in [-0.1, -0.05) is 23.3 Å². The number of aliphatic hydroxyl groups is 3. The maximum atomic E-state index is 11.9. The highest BCUT2D eigenvalue weighted by molar-refractivity contribution is 5.74. The summed E-state index contributed by atoms with van der Waals surface area (Å²) in [5.74, 6) is 0.278. The van der Waals surface area contributed by atoms with Gasteiger partial charge in [0.15, 0.2) is 0 Å². The Morgan fingerprint density at radius 3 is 2.64 bits per heavy atom. The largest absolute Gasteiger partial charge is 0.390 e. The number of hydrogen-bond acceptors (Lipinski definition) is 5. The second-order valence-electron chi connectivity index (χ2n) is 13.1. The van der Waals surface area contributed by atoms with Crippen LogP contribution in [0.25, 0.3) is 0 Å². The molecule has 0 radical (unpaired) electrons. The molecule has 202 valence electrons. The molecule has 1 spiro atoms. The summed E-state index contributed by atoms with van der Waals surface area (Å²) in [4.78, 5) is 11.8. The van der Waals surface area contributed by atoms with Crippen LogP contribution in [0.3, 0.4) is 0 Å². The van der Waals surface area contributed by atoms with Crippen LogP contribution in [0.5, 0.6) is 0 Å². The summed E-state index contributed by atoms with van der Waals surface area (Å²) < 4.78 is 6.43. The van der Waals surface area contributed by atoms with Gasteiger partial charge in [-0.2, -0.15) is 0 Å². The van der Waals surface area contributed by atoms with E-state index in [4.69, 9.17) is 4.74 Å². The summed E-state index contributed by atoms with van der Waals surface area (Å²) in [5, 5.41) is 34.3. The second kappa shape index (κ2) is 10.1. The highest BCUT2D eigenvalue weighted by Gasteiger charge is 2.65. The highest BCUT2D eigenvalue weighted by atomic mass is 16.5. The molecule has 3 aliphatic carbocycles. The van der Waals surface area contributed by atoms with Crippen molar-refractivity contribution in [1.82, 2.24) is 0 Å². The lowest BCUT2D eigenvalue weighted by Gasteiger charge is -2.55. The Bertz CT molecular complexity index is 935. The maximum absolute atomic E-state index is 11.9. The summed E-state index contributed by atoms with van der Waals surface area (Å²) in [6.45, 7) is 12.4. The van der Waals surface area contributed by atoms with Gasteiger partial charge in [-0.15, -0.1) is 0 Å². The minimum absolute atomic E-state index is 0.0246. The van der Waals surface area contributed by atoms with E-state index in [1.165, 1.54) is 11.1 Å². The van der Waals surface area contributed by atoms with Crippen LogP contribution in [-0.4, -0.2) is 51.6 Å². The van der Waals surface area contributed by atoms with E-state index in [0.29, 0.717) is 25.9 Å². The summed E-state index contributed by atoms with van der Waals surface area (Å²) in [6.07, 6.45) is 11.1. The molecule has 8 atom stereocenters. The first-order chi connectivity index (χ1) is 16.8. The molecule has 4 aliphatic rings. The molecule has 3 fully saturated rings. The van der Waals surface area contributed by atoms with Gasteiger partial charge in [-0.3, -0.25) is 4.79 Å². The number of allylic oxidation sites excluding steroid dienone is 5. The van der Waals surface area contributed by atoms with Gasteiger partial charge in [-0.05, 0) is 122 Å². The SMILES string of the molecule is CC1=C[C@H](/C=C(\C)[C@@H](O)[C@@H]2C[C@H]3OCCC[C@@H]4/C(=C(/C)C=O)CC[C@](C)(O)[C@]43C2)[C@@H](C(C)(C)O)CC1. The molecule has 1 saturated heterocycles. The minimum atomic E-state index is -0.916. The molecule has 0 aromatic heterocycles. The van der Waals surface area contributed by atoms with Gasteiger partial charge in [0.25, 0.3) is 0 Å². The van der Waals surface area contributed by atoms with E-state index >= 15 is 0 Å². The van der Waals surface area contributed by atoms with E-state index in [0.717, 1.165) is 49.5 Å². The van der Waals surface area contributed by atoms with Crippen molar-refractivity contribution in [3.05, 3.63) is 34.4 Å². The first kappa shape index (κ1) is 27.8. The fourth-order valence-electron chi connectivity index (χ4n) is 8.35. The van der Waals surface area contributed by atoms with Crippen LogP contribution in [0.4, 0.5) is 0 Å². The summed E-state index contributed by atoms with van der Waals surface area (Å²) >= 11 is 0. The number of hydrogen-bond donors (Lipinski definition) is 3. The number of aldehydes is 1. The zero-order valence-corrected chi connectivity index (χ0v) is 23.2. The quantitative estimate of drug-likeness (QED) is 0.271. The lowest BCUT2D eigenvalue weighted by atomic mass is 9.53. The van der Waals surface area contributed by atoms with Gasteiger partial charge >= 0.3 is 0 Å². The van der Waals surface area contributed by atoms with E-state index in [-0.39, 0.29) is 29.8 Å². The van der Waals surface area contributed by atoms with Crippen molar-refractivity contribution in [1.29, 1.82) is 0 Å². The highest BCUT2D eigenvalue weighted by Crippen LogP contribution is 2.64. The van der Waals surface area contributed by atoms with Crippen LogP contribution < -0.4 is 0 Å². The van der Waals surface area contributed by atoms with Gasteiger partial charge in [0, 0.05) is 17.9 Å². The first-order valence-electron chi connectivity index (χ1n) is 14.1. The number of aliphatic hydroxyl groups excluding tert-OH is 1.